The second kappa shape index (κ2) is 5.98. The molecule has 3 aromatic rings. The number of benzene rings is 1. The van der Waals surface area contributed by atoms with Crippen LogP contribution in [0.25, 0.3) is 4.96 Å². The lowest BCUT2D eigenvalue weighted by atomic mass is 10.1. The van der Waals surface area contributed by atoms with Gasteiger partial charge in [-0.15, -0.1) is 10.2 Å². The van der Waals surface area contributed by atoms with Crippen molar-refractivity contribution in [3.8, 4) is 0 Å². The SMILES string of the molecule is Cc1cc(C)cc(NC(=O)CCc2nn3c(C4CC4)nnc3s2)c1. The Hall–Kier alpha value is -2.28. The molecule has 0 spiro atoms. The highest BCUT2D eigenvalue weighted by Gasteiger charge is 2.30. The van der Waals surface area contributed by atoms with Crippen molar-refractivity contribution >= 4 is 27.9 Å². The molecule has 0 atom stereocenters. The van der Waals surface area contributed by atoms with Crippen LogP contribution in [0.1, 0.15) is 47.1 Å². The monoisotopic (exact) mass is 341 g/mol. The van der Waals surface area contributed by atoms with Gasteiger partial charge in [-0.2, -0.15) is 9.61 Å². The summed E-state index contributed by atoms with van der Waals surface area (Å²) in [5.74, 6) is 1.49. The maximum absolute atomic E-state index is 12.2. The molecule has 7 heteroatoms. The first-order chi connectivity index (χ1) is 11.6. The minimum atomic E-state index is 0.00776. The molecule has 1 saturated carbocycles. The van der Waals surface area contributed by atoms with Crippen molar-refractivity contribution in [3.63, 3.8) is 0 Å². The third-order valence-corrected chi connectivity index (χ3v) is 5.03. The van der Waals surface area contributed by atoms with Crippen LogP contribution in [0.15, 0.2) is 18.2 Å². The number of hydrogen-bond acceptors (Lipinski definition) is 5. The van der Waals surface area contributed by atoms with Crippen molar-refractivity contribution in [2.24, 2.45) is 0 Å². The van der Waals surface area contributed by atoms with E-state index in [1.807, 2.05) is 30.5 Å². The summed E-state index contributed by atoms with van der Waals surface area (Å²) >= 11 is 1.51. The lowest BCUT2D eigenvalue weighted by molar-refractivity contribution is -0.116. The molecule has 4 rings (SSSR count). The molecule has 2 heterocycles. The lowest BCUT2D eigenvalue weighted by Gasteiger charge is -2.07. The second-order valence-corrected chi connectivity index (χ2v) is 7.49. The number of carbonyl (C=O) groups excluding carboxylic acids is 1. The number of hydrogen-bond donors (Lipinski definition) is 1. The Morgan fingerprint density at radius 3 is 2.71 bits per heavy atom. The zero-order valence-electron chi connectivity index (χ0n) is 13.7. The molecule has 6 nitrogen and oxygen atoms in total. The molecule has 0 saturated heterocycles. The van der Waals surface area contributed by atoms with Gasteiger partial charge in [0.25, 0.3) is 0 Å². The van der Waals surface area contributed by atoms with Gasteiger partial charge in [0.15, 0.2) is 5.82 Å². The number of aryl methyl sites for hydroxylation is 3. The molecule has 1 aliphatic carbocycles. The van der Waals surface area contributed by atoms with E-state index in [1.165, 1.54) is 24.2 Å². The Morgan fingerprint density at radius 1 is 1.25 bits per heavy atom. The van der Waals surface area contributed by atoms with Crippen molar-refractivity contribution in [3.05, 3.63) is 40.2 Å². The molecule has 124 valence electrons. The zero-order chi connectivity index (χ0) is 16.7. The van der Waals surface area contributed by atoms with Gasteiger partial charge in [0.05, 0.1) is 0 Å². The van der Waals surface area contributed by atoms with E-state index in [-0.39, 0.29) is 5.91 Å². The summed E-state index contributed by atoms with van der Waals surface area (Å²) in [5, 5.41) is 16.9. The van der Waals surface area contributed by atoms with E-state index >= 15 is 0 Å². The van der Waals surface area contributed by atoms with Crippen molar-refractivity contribution in [1.82, 2.24) is 19.8 Å². The number of carbonyl (C=O) groups is 1. The average Bonchev–Trinajstić information content (AvgIpc) is 3.14. The van der Waals surface area contributed by atoms with E-state index in [2.05, 4.69) is 26.7 Å². The number of amides is 1. The van der Waals surface area contributed by atoms with Crippen molar-refractivity contribution in [1.29, 1.82) is 0 Å². The summed E-state index contributed by atoms with van der Waals surface area (Å²) in [6, 6.07) is 6.05. The summed E-state index contributed by atoms with van der Waals surface area (Å²) < 4.78 is 1.85. The van der Waals surface area contributed by atoms with Crippen molar-refractivity contribution < 1.29 is 4.79 Å². The highest BCUT2D eigenvalue weighted by Crippen LogP contribution is 2.39. The van der Waals surface area contributed by atoms with Gasteiger partial charge in [0.2, 0.25) is 10.9 Å². The van der Waals surface area contributed by atoms with Gasteiger partial charge in [0, 0.05) is 24.4 Å². The largest absolute Gasteiger partial charge is 0.326 e. The van der Waals surface area contributed by atoms with Crippen LogP contribution in [0.4, 0.5) is 5.69 Å². The fourth-order valence-corrected chi connectivity index (χ4v) is 3.70. The van der Waals surface area contributed by atoms with Crippen LogP contribution in [0.3, 0.4) is 0 Å². The molecule has 24 heavy (non-hydrogen) atoms. The van der Waals surface area contributed by atoms with Gasteiger partial charge in [-0.1, -0.05) is 17.4 Å². The van der Waals surface area contributed by atoms with Gasteiger partial charge in [-0.05, 0) is 49.9 Å². The number of nitrogens with zero attached hydrogens (tertiary/aromatic N) is 4. The summed E-state index contributed by atoms with van der Waals surface area (Å²) in [6.45, 7) is 4.05. The normalized spacial score (nSPS) is 14.2. The first kappa shape index (κ1) is 15.3. The van der Waals surface area contributed by atoms with Gasteiger partial charge in [-0.25, -0.2) is 0 Å². The first-order valence-electron chi connectivity index (χ1n) is 8.17. The first-order valence-corrected chi connectivity index (χ1v) is 8.99. The highest BCUT2D eigenvalue weighted by molar-refractivity contribution is 7.16. The van der Waals surface area contributed by atoms with E-state index in [1.54, 1.807) is 0 Å². The predicted octanol–water partition coefficient (Wildman–Crippen LogP) is 3.25. The lowest BCUT2D eigenvalue weighted by Crippen LogP contribution is -2.12. The highest BCUT2D eigenvalue weighted by atomic mass is 32.1. The van der Waals surface area contributed by atoms with E-state index in [0.717, 1.165) is 32.6 Å². The molecule has 1 N–H and O–H groups in total. The van der Waals surface area contributed by atoms with Crippen LogP contribution in [-0.4, -0.2) is 25.7 Å². The number of rotatable bonds is 5. The molecule has 2 aromatic heterocycles. The number of fused-ring (bicyclic) bond motifs is 1. The quantitative estimate of drug-likeness (QED) is 0.773. The molecule has 1 aromatic carbocycles. The van der Waals surface area contributed by atoms with Crippen LogP contribution in [0.5, 0.6) is 0 Å². The topological polar surface area (TPSA) is 72.2 Å². The van der Waals surface area contributed by atoms with E-state index in [9.17, 15) is 4.79 Å². The third-order valence-electron chi connectivity index (χ3n) is 4.07. The van der Waals surface area contributed by atoms with E-state index < -0.39 is 0 Å². The summed E-state index contributed by atoms with van der Waals surface area (Å²) in [4.78, 5) is 13.0. The second-order valence-electron chi connectivity index (χ2n) is 6.45. The molecule has 0 bridgehead atoms. The maximum atomic E-state index is 12.2. The molecule has 0 unspecified atom stereocenters. The van der Waals surface area contributed by atoms with Gasteiger partial charge >= 0.3 is 0 Å². The Labute approximate surface area is 143 Å². The fraction of sp³-hybridized carbons (Fsp3) is 0.412. The van der Waals surface area contributed by atoms with Gasteiger partial charge in [0.1, 0.15) is 5.01 Å². The van der Waals surface area contributed by atoms with E-state index in [4.69, 9.17) is 0 Å². The minimum Gasteiger partial charge on any atom is -0.326 e. The molecule has 1 fully saturated rings. The van der Waals surface area contributed by atoms with E-state index in [0.29, 0.717) is 18.8 Å². The van der Waals surface area contributed by atoms with Crippen LogP contribution in [0.2, 0.25) is 0 Å². The van der Waals surface area contributed by atoms with Crippen LogP contribution in [0, 0.1) is 13.8 Å². The number of aromatic nitrogens is 4. The molecule has 0 aliphatic heterocycles. The Bertz CT molecular complexity index is 889. The summed E-state index contributed by atoms with van der Waals surface area (Å²) in [5.41, 5.74) is 3.14. The Morgan fingerprint density at radius 2 is 2.00 bits per heavy atom. The smallest absolute Gasteiger partial charge is 0.234 e. The minimum absolute atomic E-state index is 0.00776. The number of nitrogens with one attached hydrogen (secondary N) is 1. The molecule has 0 radical (unpaired) electrons. The van der Waals surface area contributed by atoms with Crippen molar-refractivity contribution in [2.75, 3.05) is 5.32 Å². The van der Waals surface area contributed by atoms with Crippen LogP contribution in [-0.2, 0) is 11.2 Å². The molecule has 1 aliphatic rings. The standard InChI is InChI=1S/C17H19N5OS/c1-10-7-11(2)9-13(8-10)18-14(23)5-6-15-21-22-16(12-3-4-12)19-20-17(22)24-15/h7-9,12H,3-6H2,1-2H3,(H,18,23). The van der Waals surface area contributed by atoms with Gasteiger partial charge < -0.3 is 5.32 Å². The van der Waals surface area contributed by atoms with Gasteiger partial charge in [-0.3, -0.25) is 4.79 Å². The Balaban J connectivity index is 1.40. The molecular formula is C17H19N5OS. The summed E-state index contributed by atoms with van der Waals surface area (Å²) in [7, 11) is 0. The molecule has 1 amide bonds. The fourth-order valence-electron chi connectivity index (χ4n) is 2.86. The molecular weight excluding hydrogens is 322 g/mol. The van der Waals surface area contributed by atoms with Crippen molar-refractivity contribution in [2.45, 2.75) is 45.4 Å². The van der Waals surface area contributed by atoms with Crippen LogP contribution < -0.4 is 5.32 Å². The van der Waals surface area contributed by atoms with Crippen LogP contribution >= 0.6 is 11.3 Å². The zero-order valence-corrected chi connectivity index (χ0v) is 14.6. The average molecular weight is 341 g/mol. The number of anilines is 1. The summed E-state index contributed by atoms with van der Waals surface area (Å²) in [6.07, 6.45) is 3.38. The maximum Gasteiger partial charge on any atom is 0.234 e. The predicted molar refractivity (Wildman–Crippen MR) is 93.5 cm³/mol. The third kappa shape index (κ3) is 3.17. The Kier molecular flexibility index (Phi) is 3.80.